The monoisotopic (exact) mass is 457 g/mol. The second kappa shape index (κ2) is 9.77. The van der Waals surface area contributed by atoms with Crippen LogP contribution in [0.1, 0.15) is 47.1 Å². The van der Waals surface area contributed by atoms with E-state index in [1.54, 1.807) is 29.0 Å². The van der Waals surface area contributed by atoms with Gasteiger partial charge < -0.3 is 9.88 Å². The van der Waals surface area contributed by atoms with E-state index in [0.717, 1.165) is 49.4 Å². The fourth-order valence-electron chi connectivity index (χ4n) is 3.55. The molecule has 1 aliphatic rings. The molecule has 1 amide bonds. The number of hydrogen-bond acceptors (Lipinski definition) is 7. The molecule has 0 aliphatic heterocycles. The van der Waals surface area contributed by atoms with Crippen LogP contribution in [0.2, 0.25) is 0 Å². The Morgan fingerprint density at radius 1 is 1.40 bits per heavy atom. The Hall–Kier alpha value is -2.15. The van der Waals surface area contributed by atoms with Crippen LogP contribution in [0.25, 0.3) is 0 Å². The molecule has 0 fully saturated rings. The molecule has 1 atom stereocenters. The molecule has 0 radical (unpaired) electrons. The van der Waals surface area contributed by atoms with E-state index in [-0.39, 0.29) is 11.2 Å². The van der Waals surface area contributed by atoms with Gasteiger partial charge in [0, 0.05) is 16.3 Å². The number of anilines is 1. The first-order chi connectivity index (χ1) is 14.7. The summed E-state index contributed by atoms with van der Waals surface area (Å²) in [5.74, 6) is -0.110. The van der Waals surface area contributed by atoms with Crippen molar-refractivity contribution in [3.05, 3.63) is 44.7 Å². The minimum atomic E-state index is -0.344. The number of carbonyl (C=O) groups excluding carboxylic acids is 1. The fourth-order valence-corrected chi connectivity index (χ4v) is 6.34. The number of nitriles is 1. The maximum absolute atomic E-state index is 12.9. The fraction of sp³-hybridized carbons (Fsp3) is 0.429. The molecule has 156 valence electrons. The molecule has 0 saturated carbocycles. The van der Waals surface area contributed by atoms with E-state index >= 15 is 0 Å². The van der Waals surface area contributed by atoms with Gasteiger partial charge in [0.1, 0.15) is 17.4 Å². The Kier molecular flexibility index (Phi) is 6.87. The number of nitrogens with one attached hydrogen (secondary N) is 1. The van der Waals surface area contributed by atoms with Gasteiger partial charge in [0.25, 0.3) is 0 Å². The number of thioether (sulfide) groups is 1. The number of thiophene rings is 2. The Balaban J connectivity index is 1.41. The number of rotatable bonds is 7. The van der Waals surface area contributed by atoms with Crippen molar-refractivity contribution in [2.75, 3.05) is 5.32 Å². The second-order valence-electron chi connectivity index (χ2n) is 7.27. The average molecular weight is 458 g/mol. The Morgan fingerprint density at radius 3 is 3.07 bits per heavy atom. The van der Waals surface area contributed by atoms with E-state index in [1.165, 1.54) is 27.9 Å². The Morgan fingerprint density at radius 2 is 2.27 bits per heavy atom. The molecular weight excluding hydrogens is 434 g/mol. The van der Waals surface area contributed by atoms with Crippen LogP contribution in [0.5, 0.6) is 0 Å². The molecule has 0 saturated heterocycles. The van der Waals surface area contributed by atoms with Crippen LogP contribution in [0, 0.1) is 11.3 Å². The third kappa shape index (κ3) is 4.77. The molecule has 0 bridgehead atoms. The molecule has 0 aromatic carbocycles. The van der Waals surface area contributed by atoms with Crippen LogP contribution in [0.15, 0.2) is 29.0 Å². The van der Waals surface area contributed by atoms with Crippen LogP contribution >= 0.6 is 34.4 Å². The smallest absolute Gasteiger partial charge is 0.238 e. The van der Waals surface area contributed by atoms with Crippen molar-refractivity contribution >= 4 is 45.3 Å². The SMILES string of the molecule is CC(Sc1nncn1CCc1cccs1)C(=O)Nc1sc2c(c1C#N)CCCCC2. The van der Waals surface area contributed by atoms with E-state index in [2.05, 4.69) is 33.0 Å². The number of hydrogen-bond donors (Lipinski definition) is 1. The van der Waals surface area contributed by atoms with Crippen LogP contribution in [-0.2, 0) is 30.6 Å². The summed E-state index contributed by atoms with van der Waals surface area (Å²) in [7, 11) is 0. The topological polar surface area (TPSA) is 83.6 Å². The van der Waals surface area contributed by atoms with Gasteiger partial charge in [0.15, 0.2) is 5.16 Å². The number of fused-ring (bicyclic) bond motifs is 1. The van der Waals surface area contributed by atoms with Crippen molar-refractivity contribution in [3.63, 3.8) is 0 Å². The average Bonchev–Trinajstić information content (AvgIpc) is 3.44. The minimum Gasteiger partial charge on any atom is -0.316 e. The summed E-state index contributed by atoms with van der Waals surface area (Å²) in [6, 6.07) is 6.49. The summed E-state index contributed by atoms with van der Waals surface area (Å²) in [6.07, 6.45) is 8.03. The highest BCUT2D eigenvalue weighted by Gasteiger charge is 2.24. The van der Waals surface area contributed by atoms with Crippen LogP contribution in [-0.4, -0.2) is 25.9 Å². The molecule has 3 heterocycles. The predicted molar refractivity (Wildman–Crippen MR) is 122 cm³/mol. The van der Waals surface area contributed by atoms with E-state index in [0.29, 0.717) is 10.6 Å². The lowest BCUT2D eigenvalue weighted by Crippen LogP contribution is -2.23. The number of aromatic nitrogens is 3. The molecule has 30 heavy (non-hydrogen) atoms. The number of amides is 1. The number of carbonyl (C=O) groups is 1. The lowest BCUT2D eigenvalue weighted by atomic mass is 10.1. The third-order valence-corrected chi connectivity index (χ3v) is 8.42. The van der Waals surface area contributed by atoms with Gasteiger partial charge in [-0.3, -0.25) is 4.79 Å². The van der Waals surface area contributed by atoms with E-state index in [9.17, 15) is 10.1 Å². The quantitative estimate of drug-likeness (QED) is 0.403. The summed E-state index contributed by atoms with van der Waals surface area (Å²) >= 11 is 4.70. The first-order valence-electron chi connectivity index (χ1n) is 10.1. The van der Waals surface area contributed by atoms with Gasteiger partial charge in [0.2, 0.25) is 5.91 Å². The lowest BCUT2D eigenvalue weighted by Gasteiger charge is -2.12. The zero-order valence-corrected chi connectivity index (χ0v) is 19.2. The molecule has 6 nitrogen and oxygen atoms in total. The normalized spacial score (nSPS) is 14.5. The molecule has 4 rings (SSSR count). The van der Waals surface area contributed by atoms with Crippen molar-refractivity contribution in [2.45, 2.75) is 62.4 Å². The van der Waals surface area contributed by atoms with Crippen molar-refractivity contribution < 1.29 is 4.79 Å². The zero-order chi connectivity index (χ0) is 20.9. The molecular formula is C21H23N5OS3. The van der Waals surface area contributed by atoms with Crippen LogP contribution in [0.3, 0.4) is 0 Å². The van der Waals surface area contributed by atoms with Crippen LogP contribution < -0.4 is 5.32 Å². The summed E-state index contributed by atoms with van der Waals surface area (Å²) in [4.78, 5) is 15.4. The second-order valence-corrected chi connectivity index (χ2v) is 10.7. The first kappa shape index (κ1) is 21.1. The standard InChI is InChI=1S/C21H23N5OS3/c1-14(29-21-25-23-13-26(21)10-9-15-6-5-11-28-15)19(27)24-20-17(12-22)16-7-3-2-4-8-18(16)30-20/h5-6,11,13-14H,2-4,7-10H2,1H3,(H,24,27). The number of nitrogens with zero attached hydrogens (tertiary/aromatic N) is 4. The van der Waals surface area contributed by atoms with Gasteiger partial charge in [-0.15, -0.1) is 32.9 Å². The third-order valence-electron chi connectivity index (χ3n) is 5.18. The van der Waals surface area contributed by atoms with Gasteiger partial charge in [-0.05, 0) is 56.0 Å². The lowest BCUT2D eigenvalue weighted by molar-refractivity contribution is -0.115. The summed E-state index contributed by atoms with van der Waals surface area (Å²) in [6.45, 7) is 2.64. The maximum Gasteiger partial charge on any atom is 0.238 e. The van der Waals surface area contributed by atoms with E-state index < -0.39 is 0 Å². The van der Waals surface area contributed by atoms with Crippen molar-refractivity contribution in [2.24, 2.45) is 0 Å². The molecule has 1 aliphatic carbocycles. The van der Waals surface area contributed by atoms with Crippen molar-refractivity contribution in [1.82, 2.24) is 14.8 Å². The van der Waals surface area contributed by atoms with Gasteiger partial charge >= 0.3 is 0 Å². The number of aryl methyl sites for hydroxylation is 3. The van der Waals surface area contributed by atoms with Crippen LogP contribution in [0.4, 0.5) is 5.00 Å². The van der Waals surface area contributed by atoms with E-state index in [1.807, 2.05) is 17.6 Å². The minimum absolute atomic E-state index is 0.110. The highest BCUT2D eigenvalue weighted by molar-refractivity contribution is 8.00. The van der Waals surface area contributed by atoms with Gasteiger partial charge in [-0.2, -0.15) is 5.26 Å². The highest BCUT2D eigenvalue weighted by atomic mass is 32.2. The van der Waals surface area contributed by atoms with Gasteiger partial charge in [-0.1, -0.05) is 24.2 Å². The maximum atomic E-state index is 12.9. The molecule has 9 heteroatoms. The molecule has 3 aromatic heterocycles. The van der Waals surface area contributed by atoms with E-state index in [4.69, 9.17) is 0 Å². The zero-order valence-electron chi connectivity index (χ0n) is 16.8. The van der Waals surface area contributed by atoms with Gasteiger partial charge in [-0.25, -0.2) is 0 Å². The first-order valence-corrected chi connectivity index (χ1v) is 12.7. The Bertz CT molecular complexity index is 1050. The summed E-state index contributed by atoms with van der Waals surface area (Å²) < 4.78 is 1.99. The largest absolute Gasteiger partial charge is 0.316 e. The Labute approximate surface area is 188 Å². The highest BCUT2D eigenvalue weighted by Crippen LogP contribution is 2.37. The predicted octanol–water partition coefficient (Wildman–Crippen LogP) is 4.90. The summed E-state index contributed by atoms with van der Waals surface area (Å²) in [5, 5.41) is 24.0. The molecule has 1 N–H and O–H groups in total. The van der Waals surface area contributed by atoms with Crippen molar-refractivity contribution in [3.8, 4) is 6.07 Å². The van der Waals surface area contributed by atoms with Gasteiger partial charge in [0.05, 0.1) is 10.8 Å². The summed E-state index contributed by atoms with van der Waals surface area (Å²) in [5.41, 5.74) is 1.80. The molecule has 0 spiro atoms. The molecule has 3 aromatic rings. The van der Waals surface area contributed by atoms with Crippen molar-refractivity contribution in [1.29, 1.82) is 5.26 Å². The molecule has 1 unspecified atom stereocenters.